The van der Waals surface area contributed by atoms with Gasteiger partial charge in [0.1, 0.15) is 12.2 Å². The van der Waals surface area contributed by atoms with Crippen LogP contribution < -0.4 is 0 Å². The average Bonchev–Trinajstić information content (AvgIpc) is 2.09. The molecule has 0 amide bonds. The van der Waals surface area contributed by atoms with E-state index in [0.717, 1.165) is 19.3 Å². The highest BCUT2D eigenvalue weighted by Gasteiger charge is 2.25. The van der Waals surface area contributed by atoms with Crippen molar-refractivity contribution in [3.8, 4) is 12.5 Å². The van der Waals surface area contributed by atoms with Gasteiger partial charge < -0.3 is 9.47 Å². The molecule has 0 radical (unpaired) electrons. The molecule has 0 saturated heterocycles. The maximum atomic E-state index is 10.9. The van der Waals surface area contributed by atoms with Crippen LogP contribution in [0.5, 0.6) is 0 Å². The van der Waals surface area contributed by atoms with Crippen molar-refractivity contribution in [2.45, 2.75) is 38.7 Å². The van der Waals surface area contributed by atoms with E-state index in [1.165, 1.54) is 6.42 Å². The lowest BCUT2D eigenvalue weighted by Crippen LogP contribution is -2.28. The second-order valence-electron chi connectivity index (χ2n) is 3.39. The van der Waals surface area contributed by atoms with E-state index in [9.17, 15) is 4.79 Å². The van der Waals surface area contributed by atoms with Gasteiger partial charge in [0, 0.05) is 0 Å². The van der Waals surface area contributed by atoms with E-state index < -0.39 is 6.16 Å². The molecule has 1 rings (SSSR count). The molecular weight excluding hydrogens is 168 g/mol. The monoisotopic (exact) mass is 182 g/mol. The minimum atomic E-state index is -0.749. The fourth-order valence-corrected chi connectivity index (χ4v) is 1.65. The topological polar surface area (TPSA) is 35.5 Å². The van der Waals surface area contributed by atoms with E-state index in [2.05, 4.69) is 11.7 Å². The molecule has 3 heteroatoms. The number of carbonyl (C=O) groups excluding carboxylic acids is 1. The predicted octanol–water partition coefficient (Wildman–Crippen LogP) is 2.31. The summed E-state index contributed by atoms with van der Waals surface area (Å²) in [7, 11) is 0. The zero-order valence-electron chi connectivity index (χ0n) is 7.79. The first-order valence-corrected chi connectivity index (χ1v) is 4.57. The number of rotatable bonds is 1. The highest BCUT2D eigenvalue weighted by molar-refractivity contribution is 5.61. The van der Waals surface area contributed by atoms with Gasteiger partial charge in [-0.2, -0.15) is 0 Å². The van der Waals surface area contributed by atoms with Crippen molar-refractivity contribution in [2.24, 2.45) is 5.92 Å². The third kappa shape index (κ3) is 2.98. The zero-order chi connectivity index (χ0) is 9.68. The summed E-state index contributed by atoms with van der Waals surface area (Å²) in [4.78, 5) is 10.9. The van der Waals surface area contributed by atoms with Gasteiger partial charge in [-0.25, -0.2) is 4.79 Å². The van der Waals surface area contributed by atoms with E-state index in [4.69, 9.17) is 11.2 Å². The van der Waals surface area contributed by atoms with Gasteiger partial charge in [0.25, 0.3) is 0 Å². The molecule has 3 nitrogen and oxygen atoms in total. The van der Waals surface area contributed by atoms with Crippen molar-refractivity contribution >= 4 is 6.16 Å². The first kappa shape index (κ1) is 9.91. The second kappa shape index (κ2) is 4.76. The summed E-state index contributed by atoms with van der Waals surface area (Å²) in [5, 5.41) is 0. The molecule has 0 spiro atoms. The van der Waals surface area contributed by atoms with Crippen LogP contribution >= 0.6 is 0 Å². The zero-order valence-corrected chi connectivity index (χ0v) is 7.79. The van der Waals surface area contributed by atoms with Crippen LogP contribution in [-0.4, -0.2) is 12.3 Å². The average molecular weight is 182 g/mol. The van der Waals surface area contributed by atoms with E-state index >= 15 is 0 Å². The summed E-state index contributed by atoms with van der Waals surface area (Å²) in [5.74, 6) is 0.416. The maximum absolute atomic E-state index is 10.9. The van der Waals surface area contributed by atoms with Crippen LogP contribution in [-0.2, 0) is 9.47 Å². The molecule has 0 aromatic heterocycles. The Bertz CT molecular complexity index is 217. The molecule has 0 heterocycles. The highest BCUT2D eigenvalue weighted by Crippen LogP contribution is 2.26. The van der Waals surface area contributed by atoms with Crippen molar-refractivity contribution in [1.82, 2.24) is 0 Å². The second-order valence-corrected chi connectivity index (χ2v) is 3.39. The fourth-order valence-electron chi connectivity index (χ4n) is 1.65. The molecule has 0 aliphatic heterocycles. The van der Waals surface area contributed by atoms with Crippen molar-refractivity contribution in [3.05, 3.63) is 0 Å². The van der Waals surface area contributed by atoms with Gasteiger partial charge in [-0.1, -0.05) is 19.8 Å². The van der Waals surface area contributed by atoms with Crippen molar-refractivity contribution in [1.29, 1.82) is 0 Å². The minimum absolute atomic E-state index is 0.0189. The summed E-state index contributed by atoms with van der Waals surface area (Å²) in [5.41, 5.74) is 0. The van der Waals surface area contributed by atoms with Crippen LogP contribution in [0.25, 0.3) is 0 Å². The first-order chi connectivity index (χ1) is 6.24. The summed E-state index contributed by atoms with van der Waals surface area (Å²) in [6, 6.07) is 0. The van der Waals surface area contributed by atoms with E-state index in [0.29, 0.717) is 5.92 Å². The molecule has 1 saturated carbocycles. The van der Waals surface area contributed by atoms with Crippen LogP contribution in [0.1, 0.15) is 32.6 Å². The van der Waals surface area contributed by atoms with Crippen LogP contribution in [0.3, 0.4) is 0 Å². The SMILES string of the molecule is C#COC(=O)OC1CCCCC1C. The predicted molar refractivity (Wildman–Crippen MR) is 47.8 cm³/mol. The van der Waals surface area contributed by atoms with Gasteiger partial charge in [0.15, 0.2) is 0 Å². The van der Waals surface area contributed by atoms with Crippen LogP contribution in [0.15, 0.2) is 0 Å². The van der Waals surface area contributed by atoms with Crippen molar-refractivity contribution < 1.29 is 14.3 Å². The molecule has 1 fully saturated rings. The lowest BCUT2D eigenvalue weighted by molar-refractivity contribution is 0.0110. The Morgan fingerprint density at radius 1 is 1.46 bits per heavy atom. The number of carbonyl (C=O) groups is 1. The molecule has 1 aliphatic rings. The summed E-state index contributed by atoms with van der Waals surface area (Å²) in [6.07, 6.45) is 10.2. The molecule has 2 unspecified atom stereocenters. The van der Waals surface area contributed by atoms with Crippen LogP contribution in [0, 0.1) is 18.4 Å². The Balaban J connectivity index is 2.34. The quantitative estimate of drug-likeness (QED) is 0.461. The minimum Gasteiger partial charge on any atom is -0.430 e. The first-order valence-electron chi connectivity index (χ1n) is 4.57. The number of hydrogen-bond acceptors (Lipinski definition) is 3. The van der Waals surface area contributed by atoms with Gasteiger partial charge in [-0.05, 0) is 25.2 Å². The third-order valence-corrected chi connectivity index (χ3v) is 2.42. The molecule has 2 atom stereocenters. The molecular formula is C10H14O3. The maximum Gasteiger partial charge on any atom is 0.522 e. The van der Waals surface area contributed by atoms with E-state index in [-0.39, 0.29) is 6.10 Å². The Morgan fingerprint density at radius 2 is 2.15 bits per heavy atom. The summed E-state index contributed by atoms with van der Waals surface area (Å²) in [6.45, 7) is 2.08. The normalized spacial score (nSPS) is 27.4. The number of ether oxygens (including phenoxy) is 2. The fraction of sp³-hybridized carbons (Fsp3) is 0.700. The van der Waals surface area contributed by atoms with Crippen molar-refractivity contribution in [3.63, 3.8) is 0 Å². The van der Waals surface area contributed by atoms with Gasteiger partial charge in [-0.15, -0.1) is 0 Å². The van der Waals surface area contributed by atoms with Crippen molar-refractivity contribution in [2.75, 3.05) is 0 Å². The Hall–Kier alpha value is -1.17. The van der Waals surface area contributed by atoms with Gasteiger partial charge in [-0.3, -0.25) is 0 Å². The molecule has 0 N–H and O–H groups in total. The molecule has 72 valence electrons. The van der Waals surface area contributed by atoms with Gasteiger partial charge in [0.05, 0.1) is 0 Å². The Morgan fingerprint density at radius 3 is 2.77 bits per heavy atom. The molecule has 0 aromatic carbocycles. The molecule has 13 heavy (non-hydrogen) atoms. The highest BCUT2D eigenvalue weighted by atomic mass is 16.7. The largest absolute Gasteiger partial charge is 0.522 e. The summed E-state index contributed by atoms with van der Waals surface area (Å²) < 4.78 is 9.30. The summed E-state index contributed by atoms with van der Waals surface area (Å²) >= 11 is 0. The number of terminal acetylenes is 1. The lowest BCUT2D eigenvalue weighted by Gasteiger charge is -2.27. The molecule has 0 aromatic rings. The smallest absolute Gasteiger partial charge is 0.430 e. The van der Waals surface area contributed by atoms with E-state index in [1.54, 1.807) is 6.11 Å². The molecule has 0 bridgehead atoms. The molecule has 1 aliphatic carbocycles. The van der Waals surface area contributed by atoms with E-state index in [1.807, 2.05) is 0 Å². The Labute approximate surface area is 78.4 Å². The third-order valence-electron chi connectivity index (χ3n) is 2.42. The van der Waals surface area contributed by atoms with Crippen LogP contribution in [0.2, 0.25) is 0 Å². The standard InChI is InChI=1S/C10H14O3/c1-3-12-10(11)13-9-7-5-4-6-8(9)2/h1,8-9H,4-7H2,2H3. The van der Waals surface area contributed by atoms with Gasteiger partial charge >= 0.3 is 6.16 Å². The Kier molecular flexibility index (Phi) is 3.63. The van der Waals surface area contributed by atoms with Gasteiger partial charge in [0.2, 0.25) is 0 Å². The lowest BCUT2D eigenvalue weighted by atomic mass is 9.88. The number of hydrogen-bond donors (Lipinski definition) is 0. The van der Waals surface area contributed by atoms with Crippen LogP contribution in [0.4, 0.5) is 4.79 Å².